The van der Waals surface area contributed by atoms with Crippen LogP contribution in [0.4, 0.5) is 0 Å². The normalized spacial score (nSPS) is 11.7. The van der Waals surface area contributed by atoms with Crippen LogP contribution < -0.4 is 0 Å². The Balaban J connectivity index is 2.12. The molecule has 0 amide bonds. The van der Waals surface area contributed by atoms with Crippen LogP contribution in [-0.4, -0.2) is 19.1 Å². The molecule has 0 atom stereocenters. The Labute approximate surface area is 119 Å². The second kappa shape index (κ2) is 6.65. The second-order valence-electron chi connectivity index (χ2n) is 4.53. The molecule has 4 nitrogen and oxygen atoms in total. The largest absolute Gasteiger partial charge is 0.397 e. The van der Waals surface area contributed by atoms with Crippen LogP contribution >= 0.6 is 0 Å². The Kier molecular flexibility index (Phi) is 4.89. The summed E-state index contributed by atoms with van der Waals surface area (Å²) in [4.78, 5) is 0. The van der Waals surface area contributed by atoms with E-state index in [2.05, 4.69) is 0 Å². The van der Waals surface area contributed by atoms with E-state index in [-0.39, 0.29) is 0 Å². The van der Waals surface area contributed by atoms with Gasteiger partial charge in [0.05, 0.1) is 6.10 Å². The zero-order valence-electron chi connectivity index (χ0n) is 10.8. The lowest BCUT2D eigenvalue weighted by Gasteiger charge is -2.15. The molecule has 106 valence electrons. The molecule has 2 aromatic rings. The van der Waals surface area contributed by atoms with E-state index in [0.29, 0.717) is 12.8 Å². The Bertz CT molecular complexity index is 582. The second-order valence-corrected chi connectivity index (χ2v) is 5.57. The fourth-order valence-corrected chi connectivity index (χ4v) is 2.55. The first kappa shape index (κ1) is 14.7. The summed E-state index contributed by atoms with van der Waals surface area (Å²) in [6, 6.07) is 18.9. The summed E-state index contributed by atoms with van der Waals surface area (Å²) in [5, 5.41) is 0. The van der Waals surface area contributed by atoms with Crippen LogP contribution in [0.2, 0.25) is 0 Å². The first-order valence-electron chi connectivity index (χ1n) is 6.26. The molecule has 0 aliphatic heterocycles. The summed E-state index contributed by atoms with van der Waals surface area (Å²) >= 11 is 0. The van der Waals surface area contributed by atoms with Gasteiger partial charge in [-0.3, -0.25) is 4.55 Å². The standard InChI is InChI=1S/C15H16O4S/c16-20(17,18)19-15(11-13-7-3-1-4-8-13)12-14-9-5-2-6-10-14/h1-10,15H,11-12H2,(H,16,17,18). The van der Waals surface area contributed by atoms with Crippen molar-refractivity contribution in [2.45, 2.75) is 18.9 Å². The predicted molar refractivity (Wildman–Crippen MR) is 76.7 cm³/mol. The quantitative estimate of drug-likeness (QED) is 0.831. The van der Waals surface area contributed by atoms with Crippen molar-refractivity contribution < 1.29 is 17.2 Å². The lowest BCUT2D eigenvalue weighted by Crippen LogP contribution is -2.23. The Hall–Kier alpha value is -1.69. The van der Waals surface area contributed by atoms with E-state index in [1.54, 1.807) is 0 Å². The lowest BCUT2D eigenvalue weighted by molar-refractivity contribution is 0.181. The number of hydrogen-bond donors (Lipinski definition) is 1. The molecule has 0 aliphatic carbocycles. The average molecular weight is 292 g/mol. The fourth-order valence-electron chi connectivity index (χ4n) is 2.07. The molecule has 0 aromatic heterocycles. The van der Waals surface area contributed by atoms with E-state index in [9.17, 15) is 8.42 Å². The van der Waals surface area contributed by atoms with Crippen LogP contribution in [0.25, 0.3) is 0 Å². The first-order chi connectivity index (χ1) is 9.53. The van der Waals surface area contributed by atoms with E-state index in [4.69, 9.17) is 8.74 Å². The maximum Gasteiger partial charge on any atom is 0.397 e. The van der Waals surface area contributed by atoms with Crippen LogP contribution in [0.3, 0.4) is 0 Å². The van der Waals surface area contributed by atoms with Crippen LogP contribution in [0, 0.1) is 0 Å². The molecule has 5 heteroatoms. The molecule has 0 unspecified atom stereocenters. The highest BCUT2D eigenvalue weighted by Gasteiger charge is 2.18. The van der Waals surface area contributed by atoms with Gasteiger partial charge in [-0.05, 0) is 11.1 Å². The number of rotatable bonds is 6. The van der Waals surface area contributed by atoms with Crippen LogP contribution in [-0.2, 0) is 27.4 Å². The van der Waals surface area contributed by atoms with Gasteiger partial charge in [0.25, 0.3) is 0 Å². The molecule has 0 saturated carbocycles. The van der Waals surface area contributed by atoms with Crippen molar-refractivity contribution in [2.24, 2.45) is 0 Å². The minimum Gasteiger partial charge on any atom is -0.264 e. The van der Waals surface area contributed by atoms with Crippen LogP contribution in [0.5, 0.6) is 0 Å². The molecule has 1 N–H and O–H groups in total. The van der Waals surface area contributed by atoms with Crippen molar-refractivity contribution in [1.29, 1.82) is 0 Å². The molecular formula is C15H16O4S. The third-order valence-electron chi connectivity index (χ3n) is 2.87. The Morgan fingerprint density at radius 1 is 0.850 bits per heavy atom. The third-order valence-corrected chi connectivity index (χ3v) is 3.39. The summed E-state index contributed by atoms with van der Waals surface area (Å²) < 4.78 is 35.6. The molecule has 2 aromatic carbocycles. The number of hydrogen-bond acceptors (Lipinski definition) is 3. The lowest BCUT2D eigenvalue weighted by atomic mass is 10.0. The minimum absolute atomic E-state index is 0.412. The molecule has 0 radical (unpaired) electrons. The maximum atomic E-state index is 11.0. The van der Waals surface area contributed by atoms with E-state index >= 15 is 0 Å². The molecular weight excluding hydrogens is 276 g/mol. The number of benzene rings is 2. The van der Waals surface area contributed by atoms with Gasteiger partial charge in [-0.1, -0.05) is 60.7 Å². The summed E-state index contributed by atoms with van der Waals surface area (Å²) in [5.74, 6) is 0. The Morgan fingerprint density at radius 2 is 1.25 bits per heavy atom. The highest BCUT2D eigenvalue weighted by atomic mass is 32.3. The third kappa shape index (κ3) is 5.13. The molecule has 0 aliphatic rings. The van der Waals surface area contributed by atoms with E-state index < -0.39 is 16.5 Å². The van der Waals surface area contributed by atoms with Crippen molar-refractivity contribution in [1.82, 2.24) is 0 Å². The van der Waals surface area contributed by atoms with Gasteiger partial charge in [0.15, 0.2) is 0 Å². The minimum atomic E-state index is -4.46. The summed E-state index contributed by atoms with van der Waals surface area (Å²) in [5.41, 5.74) is 1.91. The molecule has 2 rings (SSSR count). The highest BCUT2D eigenvalue weighted by Crippen LogP contribution is 2.13. The fraction of sp³-hybridized carbons (Fsp3) is 0.200. The zero-order valence-corrected chi connectivity index (χ0v) is 11.7. The zero-order chi connectivity index (χ0) is 14.4. The monoisotopic (exact) mass is 292 g/mol. The molecule has 0 spiro atoms. The summed E-state index contributed by atoms with van der Waals surface area (Å²) in [7, 11) is -4.46. The highest BCUT2D eigenvalue weighted by molar-refractivity contribution is 7.80. The van der Waals surface area contributed by atoms with Gasteiger partial charge in [0.1, 0.15) is 0 Å². The topological polar surface area (TPSA) is 63.6 Å². The molecule has 0 fully saturated rings. The Morgan fingerprint density at radius 3 is 1.60 bits per heavy atom. The first-order valence-corrected chi connectivity index (χ1v) is 7.63. The SMILES string of the molecule is O=S(=O)(O)OC(Cc1ccccc1)Cc1ccccc1. The smallest absolute Gasteiger partial charge is 0.264 e. The summed E-state index contributed by atoms with van der Waals surface area (Å²) in [6.07, 6.45) is 0.195. The average Bonchev–Trinajstić information content (AvgIpc) is 2.39. The van der Waals surface area contributed by atoms with Gasteiger partial charge in [-0.15, -0.1) is 0 Å². The summed E-state index contributed by atoms with van der Waals surface area (Å²) in [6.45, 7) is 0. The van der Waals surface area contributed by atoms with E-state index in [1.165, 1.54) is 0 Å². The van der Waals surface area contributed by atoms with Gasteiger partial charge >= 0.3 is 10.4 Å². The predicted octanol–water partition coefficient (Wildman–Crippen LogP) is 2.66. The van der Waals surface area contributed by atoms with Crippen molar-refractivity contribution in [3.8, 4) is 0 Å². The van der Waals surface area contributed by atoms with Gasteiger partial charge in [0, 0.05) is 12.8 Å². The molecule has 0 saturated heterocycles. The molecule has 20 heavy (non-hydrogen) atoms. The van der Waals surface area contributed by atoms with Crippen molar-refractivity contribution in [3.05, 3.63) is 71.8 Å². The van der Waals surface area contributed by atoms with Crippen molar-refractivity contribution >= 4 is 10.4 Å². The van der Waals surface area contributed by atoms with Crippen molar-refractivity contribution in [2.75, 3.05) is 0 Å². The maximum absolute atomic E-state index is 11.0. The van der Waals surface area contributed by atoms with Gasteiger partial charge in [0.2, 0.25) is 0 Å². The van der Waals surface area contributed by atoms with E-state index in [1.807, 2.05) is 60.7 Å². The van der Waals surface area contributed by atoms with Gasteiger partial charge in [-0.2, -0.15) is 8.42 Å². The van der Waals surface area contributed by atoms with Gasteiger partial charge in [-0.25, -0.2) is 4.18 Å². The molecule has 0 heterocycles. The van der Waals surface area contributed by atoms with Crippen molar-refractivity contribution in [3.63, 3.8) is 0 Å². The molecule has 0 bridgehead atoms. The van der Waals surface area contributed by atoms with Crippen LogP contribution in [0.15, 0.2) is 60.7 Å². The van der Waals surface area contributed by atoms with Crippen LogP contribution in [0.1, 0.15) is 11.1 Å². The van der Waals surface area contributed by atoms with E-state index in [0.717, 1.165) is 11.1 Å². The van der Waals surface area contributed by atoms with Gasteiger partial charge < -0.3 is 0 Å².